The number of hydrogen-bond acceptors (Lipinski definition) is 2. The predicted octanol–water partition coefficient (Wildman–Crippen LogP) is 4.10. The van der Waals surface area contributed by atoms with Crippen molar-refractivity contribution >= 4 is 39.0 Å². The number of thiocarbonyl (C=S) groups is 1. The maximum Gasteiger partial charge on any atom is 0.189 e. The molecule has 0 saturated carbocycles. The number of nitrogens with zero attached hydrogens (tertiary/aromatic N) is 2. The molecule has 0 aromatic heterocycles. The molecule has 112 valence electrons. The van der Waals surface area contributed by atoms with Crippen molar-refractivity contribution in [2.45, 2.75) is 12.5 Å². The molecule has 0 amide bonds. The molecule has 0 radical (unpaired) electrons. The Labute approximate surface area is 144 Å². The fraction of sp³-hybridized carbons (Fsp3) is 0.176. The first kappa shape index (κ1) is 15.2. The SMILES string of the molecule is CNC(=S)N1N=C(c2ccc(Br)cc2)CC1c1ccccc1. The lowest BCUT2D eigenvalue weighted by Crippen LogP contribution is -2.34. The normalized spacial score (nSPS) is 17.3. The Bertz CT molecular complexity index is 698. The monoisotopic (exact) mass is 373 g/mol. The summed E-state index contributed by atoms with van der Waals surface area (Å²) in [4.78, 5) is 0. The van der Waals surface area contributed by atoms with Crippen molar-refractivity contribution < 1.29 is 0 Å². The minimum atomic E-state index is 0.139. The van der Waals surface area contributed by atoms with E-state index in [0.717, 1.165) is 22.2 Å². The highest BCUT2D eigenvalue weighted by molar-refractivity contribution is 9.10. The van der Waals surface area contributed by atoms with E-state index >= 15 is 0 Å². The summed E-state index contributed by atoms with van der Waals surface area (Å²) in [6.45, 7) is 0. The molecule has 1 unspecified atom stereocenters. The van der Waals surface area contributed by atoms with Gasteiger partial charge in [0.25, 0.3) is 0 Å². The van der Waals surface area contributed by atoms with Gasteiger partial charge in [-0.3, -0.25) is 0 Å². The minimum Gasteiger partial charge on any atom is -0.364 e. The number of hydrazone groups is 1. The van der Waals surface area contributed by atoms with E-state index in [1.165, 1.54) is 5.56 Å². The van der Waals surface area contributed by atoms with Gasteiger partial charge in [-0.1, -0.05) is 58.4 Å². The standard InChI is InChI=1S/C17H16BrN3S/c1-19-17(22)21-16(13-5-3-2-4-6-13)11-15(20-21)12-7-9-14(18)10-8-12/h2-10,16H,11H2,1H3,(H,19,22). The van der Waals surface area contributed by atoms with E-state index in [0.29, 0.717) is 5.11 Å². The van der Waals surface area contributed by atoms with Crippen molar-refractivity contribution in [2.24, 2.45) is 5.10 Å². The van der Waals surface area contributed by atoms with Crippen LogP contribution in [0.5, 0.6) is 0 Å². The molecule has 5 heteroatoms. The van der Waals surface area contributed by atoms with Gasteiger partial charge in [0, 0.05) is 17.9 Å². The van der Waals surface area contributed by atoms with Gasteiger partial charge < -0.3 is 5.32 Å². The Morgan fingerprint density at radius 1 is 1.18 bits per heavy atom. The van der Waals surface area contributed by atoms with Crippen LogP contribution in [0.3, 0.4) is 0 Å². The maximum atomic E-state index is 5.42. The predicted molar refractivity (Wildman–Crippen MR) is 98.0 cm³/mol. The van der Waals surface area contributed by atoms with Gasteiger partial charge in [0.15, 0.2) is 5.11 Å². The van der Waals surface area contributed by atoms with E-state index in [2.05, 4.69) is 45.5 Å². The Hall–Kier alpha value is -1.72. The molecule has 2 aromatic rings. The van der Waals surface area contributed by atoms with Crippen molar-refractivity contribution in [1.82, 2.24) is 10.3 Å². The zero-order chi connectivity index (χ0) is 15.5. The van der Waals surface area contributed by atoms with Crippen LogP contribution in [0.15, 0.2) is 64.2 Å². The first-order chi connectivity index (χ1) is 10.7. The highest BCUT2D eigenvalue weighted by Gasteiger charge is 2.30. The van der Waals surface area contributed by atoms with E-state index in [1.807, 2.05) is 42.4 Å². The number of halogens is 1. The second kappa shape index (κ2) is 6.58. The molecule has 0 saturated heterocycles. The van der Waals surface area contributed by atoms with E-state index in [1.54, 1.807) is 0 Å². The lowest BCUT2D eigenvalue weighted by atomic mass is 9.99. The van der Waals surface area contributed by atoms with Crippen molar-refractivity contribution in [3.8, 4) is 0 Å². The lowest BCUT2D eigenvalue weighted by molar-refractivity contribution is 0.367. The summed E-state index contributed by atoms with van der Waals surface area (Å²) in [6, 6.07) is 18.7. The second-order valence-electron chi connectivity index (χ2n) is 5.08. The van der Waals surface area contributed by atoms with Crippen LogP contribution in [0.4, 0.5) is 0 Å². The summed E-state index contributed by atoms with van der Waals surface area (Å²) in [5.41, 5.74) is 3.40. The van der Waals surface area contributed by atoms with Crippen LogP contribution in [0.25, 0.3) is 0 Å². The molecule has 2 aromatic carbocycles. The van der Waals surface area contributed by atoms with Gasteiger partial charge in [-0.25, -0.2) is 5.01 Å². The van der Waals surface area contributed by atoms with Crippen molar-refractivity contribution in [3.05, 3.63) is 70.2 Å². The Morgan fingerprint density at radius 3 is 2.50 bits per heavy atom. The van der Waals surface area contributed by atoms with E-state index in [9.17, 15) is 0 Å². The molecule has 3 rings (SSSR count). The van der Waals surface area contributed by atoms with Crippen LogP contribution in [-0.2, 0) is 0 Å². The van der Waals surface area contributed by atoms with Crippen LogP contribution >= 0.6 is 28.1 Å². The largest absolute Gasteiger partial charge is 0.364 e. The summed E-state index contributed by atoms with van der Waals surface area (Å²) in [5, 5.41) is 10.3. The fourth-order valence-electron chi connectivity index (χ4n) is 2.56. The Morgan fingerprint density at radius 2 is 1.86 bits per heavy atom. The molecule has 1 atom stereocenters. The summed E-state index contributed by atoms with van der Waals surface area (Å²) >= 11 is 8.88. The highest BCUT2D eigenvalue weighted by atomic mass is 79.9. The topological polar surface area (TPSA) is 27.6 Å². The number of hydrogen-bond donors (Lipinski definition) is 1. The third-order valence-electron chi connectivity index (χ3n) is 3.69. The molecule has 0 aliphatic carbocycles. The fourth-order valence-corrected chi connectivity index (χ4v) is 3.00. The summed E-state index contributed by atoms with van der Waals surface area (Å²) in [6.07, 6.45) is 0.841. The summed E-state index contributed by atoms with van der Waals surface area (Å²) in [5.74, 6) is 0. The molecule has 1 heterocycles. The molecular weight excluding hydrogens is 358 g/mol. The van der Waals surface area contributed by atoms with E-state index < -0.39 is 0 Å². The van der Waals surface area contributed by atoms with Crippen LogP contribution in [0, 0.1) is 0 Å². The lowest BCUT2D eigenvalue weighted by Gasteiger charge is -2.23. The average molecular weight is 374 g/mol. The van der Waals surface area contributed by atoms with Crippen LogP contribution in [-0.4, -0.2) is 22.9 Å². The van der Waals surface area contributed by atoms with Gasteiger partial charge in [0.2, 0.25) is 0 Å². The summed E-state index contributed by atoms with van der Waals surface area (Å²) < 4.78 is 1.07. The molecule has 1 aliphatic rings. The van der Waals surface area contributed by atoms with Gasteiger partial charge in [0.05, 0.1) is 11.8 Å². The third kappa shape index (κ3) is 3.05. The molecule has 0 fully saturated rings. The smallest absolute Gasteiger partial charge is 0.189 e. The first-order valence-electron chi connectivity index (χ1n) is 7.08. The zero-order valence-electron chi connectivity index (χ0n) is 12.2. The quantitative estimate of drug-likeness (QED) is 0.802. The molecule has 0 bridgehead atoms. The van der Waals surface area contributed by atoms with Crippen LogP contribution in [0.2, 0.25) is 0 Å². The van der Waals surface area contributed by atoms with Gasteiger partial charge in [-0.05, 0) is 35.5 Å². The Kier molecular flexibility index (Phi) is 4.55. The molecule has 1 N–H and O–H groups in total. The molecule has 22 heavy (non-hydrogen) atoms. The molecule has 0 spiro atoms. The van der Waals surface area contributed by atoms with Gasteiger partial charge in [0.1, 0.15) is 0 Å². The maximum absolute atomic E-state index is 5.42. The highest BCUT2D eigenvalue weighted by Crippen LogP contribution is 2.32. The van der Waals surface area contributed by atoms with Crippen molar-refractivity contribution in [2.75, 3.05) is 7.05 Å². The number of benzene rings is 2. The molecule has 3 nitrogen and oxygen atoms in total. The first-order valence-corrected chi connectivity index (χ1v) is 8.28. The van der Waals surface area contributed by atoms with Crippen molar-refractivity contribution in [1.29, 1.82) is 0 Å². The summed E-state index contributed by atoms with van der Waals surface area (Å²) in [7, 11) is 1.83. The second-order valence-corrected chi connectivity index (χ2v) is 6.39. The third-order valence-corrected chi connectivity index (χ3v) is 4.61. The van der Waals surface area contributed by atoms with Crippen LogP contribution in [0.1, 0.15) is 23.6 Å². The molecule has 1 aliphatic heterocycles. The number of nitrogens with one attached hydrogen (secondary N) is 1. The van der Waals surface area contributed by atoms with Crippen molar-refractivity contribution in [3.63, 3.8) is 0 Å². The zero-order valence-corrected chi connectivity index (χ0v) is 14.6. The van der Waals surface area contributed by atoms with E-state index in [4.69, 9.17) is 17.3 Å². The minimum absolute atomic E-state index is 0.139. The van der Waals surface area contributed by atoms with Crippen LogP contribution < -0.4 is 5.32 Å². The Balaban J connectivity index is 1.94. The van der Waals surface area contributed by atoms with E-state index in [-0.39, 0.29) is 6.04 Å². The number of rotatable bonds is 2. The van der Waals surface area contributed by atoms with Gasteiger partial charge in [-0.2, -0.15) is 5.10 Å². The van der Waals surface area contributed by atoms with Gasteiger partial charge in [-0.15, -0.1) is 0 Å². The van der Waals surface area contributed by atoms with Gasteiger partial charge >= 0.3 is 0 Å². The average Bonchev–Trinajstić information content (AvgIpc) is 3.01. The molecular formula is C17H16BrN3S.